The number of hydrogen-bond donors (Lipinski definition) is 1. The Hall–Kier alpha value is -1.39. The van der Waals surface area contributed by atoms with Crippen molar-refractivity contribution in [3.63, 3.8) is 0 Å². The van der Waals surface area contributed by atoms with Gasteiger partial charge in [0.25, 0.3) is 0 Å². The standard InChI is InChI=1S/C13H19N3O2/c1-14-12(17)7-11-15-13(18-16-11)6-10-5-8-2-3-9(10)4-8/h8-10H,2-7H2,1H3,(H,14,17)/t8-,9-,10+/m0/s1. The molecule has 0 aromatic carbocycles. The van der Waals surface area contributed by atoms with Crippen molar-refractivity contribution in [2.75, 3.05) is 7.05 Å². The minimum atomic E-state index is -0.0812. The second-order valence-corrected chi connectivity index (χ2v) is 5.59. The molecule has 2 saturated carbocycles. The van der Waals surface area contributed by atoms with Crippen molar-refractivity contribution in [2.24, 2.45) is 17.8 Å². The van der Waals surface area contributed by atoms with E-state index in [2.05, 4.69) is 15.5 Å². The van der Waals surface area contributed by atoms with E-state index in [-0.39, 0.29) is 12.3 Å². The van der Waals surface area contributed by atoms with E-state index in [0.29, 0.717) is 11.7 Å². The minimum Gasteiger partial charge on any atom is -0.359 e. The Morgan fingerprint density at radius 1 is 1.44 bits per heavy atom. The smallest absolute Gasteiger partial charge is 0.227 e. The van der Waals surface area contributed by atoms with Gasteiger partial charge in [0.1, 0.15) is 0 Å². The third kappa shape index (κ3) is 2.26. The number of rotatable bonds is 4. The zero-order valence-corrected chi connectivity index (χ0v) is 10.7. The molecule has 18 heavy (non-hydrogen) atoms. The van der Waals surface area contributed by atoms with E-state index >= 15 is 0 Å². The third-order valence-corrected chi connectivity index (χ3v) is 4.43. The normalized spacial score (nSPS) is 29.7. The van der Waals surface area contributed by atoms with Crippen LogP contribution in [0.5, 0.6) is 0 Å². The Morgan fingerprint density at radius 3 is 3.00 bits per heavy atom. The molecule has 3 atom stereocenters. The molecule has 2 fully saturated rings. The number of aromatic nitrogens is 2. The lowest BCUT2D eigenvalue weighted by atomic mass is 9.86. The molecule has 1 heterocycles. The van der Waals surface area contributed by atoms with Crippen molar-refractivity contribution in [3.05, 3.63) is 11.7 Å². The summed E-state index contributed by atoms with van der Waals surface area (Å²) in [7, 11) is 1.61. The highest BCUT2D eigenvalue weighted by atomic mass is 16.5. The molecule has 5 nitrogen and oxygen atoms in total. The molecule has 2 aliphatic rings. The highest BCUT2D eigenvalue weighted by Crippen LogP contribution is 2.49. The summed E-state index contributed by atoms with van der Waals surface area (Å²) >= 11 is 0. The number of nitrogens with zero attached hydrogens (tertiary/aromatic N) is 2. The van der Waals surface area contributed by atoms with Crippen molar-refractivity contribution in [1.29, 1.82) is 0 Å². The predicted octanol–water partition coefficient (Wildman–Crippen LogP) is 1.34. The fourth-order valence-corrected chi connectivity index (χ4v) is 3.53. The largest absolute Gasteiger partial charge is 0.359 e. The molecule has 0 aliphatic heterocycles. The summed E-state index contributed by atoms with van der Waals surface area (Å²) < 4.78 is 5.24. The van der Waals surface area contributed by atoms with Gasteiger partial charge in [-0.15, -0.1) is 0 Å². The summed E-state index contributed by atoms with van der Waals surface area (Å²) in [5.41, 5.74) is 0. The van der Waals surface area contributed by atoms with Crippen molar-refractivity contribution < 1.29 is 9.32 Å². The van der Waals surface area contributed by atoms with Crippen LogP contribution in [0.3, 0.4) is 0 Å². The van der Waals surface area contributed by atoms with Crippen LogP contribution < -0.4 is 5.32 Å². The first-order chi connectivity index (χ1) is 8.74. The monoisotopic (exact) mass is 249 g/mol. The van der Waals surface area contributed by atoms with Crippen LogP contribution in [0.4, 0.5) is 0 Å². The number of carbonyl (C=O) groups excluding carboxylic acids is 1. The molecule has 5 heteroatoms. The van der Waals surface area contributed by atoms with Crippen LogP contribution in [-0.4, -0.2) is 23.1 Å². The van der Waals surface area contributed by atoms with Crippen LogP contribution >= 0.6 is 0 Å². The zero-order valence-electron chi connectivity index (χ0n) is 10.7. The maximum atomic E-state index is 11.2. The van der Waals surface area contributed by atoms with Gasteiger partial charge in [-0.1, -0.05) is 11.6 Å². The fourth-order valence-electron chi connectivity index (χ4n) is 3.53. The third-order valence-electron chi connectivity index (χ3n) is 4.43. The molecule has 1 amide bonds. The molecule has 1 aromatic heterocycles. The summed E-state index contributed by atoms with van der Waals surface area (Å²) in [5, 5.41) is 6.42. The Labute approximate surface area is 106 Å². The summed E-state index contributed by atoms with van der Waals surface area (Å²) in [6, 6.07) is 0. The first-order valence-electron chi connectivity index (χ1n) is 6.76. The molecule has 1 aromatic rings. The van der Waals surface area contributed by atoms with Crippen molar-refractivity contribution in [1.82, 2.24) is 15.5 Å². The van der Waals surface area contributed by atoms with E-state index in [1.165, 1.54) is 25.7 Å². The minimum absolute atomic E-state index is 0.0812. The maximum Gasteiger partial charge on any atom is 0.227 e. The molecule has 2 aliphatic carbocycles. The lowest BCUT2D eigenvalue weighted by Crippen LogP contribution is -2.20. The molecule has 0 unspecified atom stereocenters. The van der Waals surface area contributed by atoms with Crippen LogP contribution in [0.25, 0.3) is 0 Å². The molecule has 98 valence electrons. The Morgan fingerprint density at radius 2 is 2.33 bits per heavy atom. The molecule has 3 rings (SSSR count). The van der Waals surface area contributed by atoms with E-state index in [0.717, 1.165) is 24.2 Å². The van der Waals surface area contributed by atoms with Gasteiger partial charge in [0, 0.05) is 13.5 Å². The van der Waals surface area contributed by atoms with E-state index in [9.17, 15) is 4.79 Å². The maximum absolute atomic E-state index is 11.2. The average molecular weight is 249 g/mol. The van der Waals surface area contributed by atoms with Crippen LogP contribution in [0.1, 0.15) is 37.4 Å². The topological polar surface area (TPSA) is 68.0 Å². The van der Waals surface area contributed by atoms with Gasteiger partial charge in [0.2, 0.25) is 11.8 Å². The van der Waals surface area contributed by atoms with Crippen LogP contribution in [-0.2, 0) is 17.6 Å². The second kappa shape index (κ2) is 4.71. The first kappa shape index (κ1) is 11.7. The number of carbonyl (C=O) groups is 1. The fraction of sp³-hybridized carbons (Fsp3) is 0.769. The van der Waals surface area contributed by atoms with Crippen molar-refractivity contribution in [2.45, 2.75) is 38.5 Å². The van der Waals surface area contributed by atoms with Gasteiger partial charge in [-0.05, 0) is 37.0 Å². The number of likely N-dealkylation sites (N-methyl/N-ethyl adjacent to an activating group) is 1. The number of amides is 1. The Bertz CT molecular complexity index is 443. The van der Waals surface area contributed by atoms with E-state index in [4.69, 9.17) is 4.52 Å². The van der Waals surface area contributed by atoms with Gasteiger partial charge in [0.15, 0.2) is 5.82 Å². The molecule has 0 radical (unpaired) electrons. The summed E-state index contributed by atoms with van der Waals surface area (Å²) in [6.07, 6.45) is 6.59. The number of nitrogens with one attached hydrogen (secondary N) is 1. The summed E-state index contributed by atoms with van der Waals surface area (Å²) in [5.74, 6) is 3.64. The van der Waals surface area contributed by atoms with Crippen LogP contribution in [0.15, 0.2) is 4.52 Å². The summed E-state index contributed by atoms with van der Waals surface area (Å²) in [6.45, 7) is 0. The second-order valence-electron chi connectivity index (χ2n) is 5.59. The van der Waals surface area contributed by atoms with Gasteiger partial charge in [-0.3, -0.25) is 4.79 Å². The zero-order chi connectivity index (χ0) is 12.5. The Kier molecular flexibility index (Phi) is 3.06. The summed E-state index contributed by atoms with van der Waals surface area (Å²) in [4.78, 5) is 15.5. The first-order valence-corrected chi connectivity index (χ1v) is 6.76. The van der Waals surface area contributed by atoms with Gasteiger partial charge in [-0.2, -0.15) is 4.98 Å². The molecule has 2 bridgehead atoms. The van der Waals surface area contributed by atoms with Gasteiger partial charge < -0.3 is 9.84 Å². The van der Waals surface area contributed by atoms with E-state index in [1.54, 1.807) is 7.05 Å². The molecular formula is C13H19N3O2. The highest BCUT2D eigenvalue weighted by Gasteiger charge is 2.40. The molecule has 0 spiro atoms. The molecular weight excluding hydrogens is 230 g/mol. The number of fused-ring (bicyclic) bond motifs is 2. The lowest BCUT2D eigenvalue weighted by Gasteiger charge is -2.19. The lowest BCUT2D eigenvalue weighted by molar-refractivity contribution is -0.120. The van der Waals surface area contributed by atoms with Crippen molar-refractivity contribution in [3.8, 4) is 0 Å². The molecule has 1 N–H and O–H groups in total. The average Bonchev–Trinajstić information content (AvgIpc) is 3.06. The highest BCUT2D eigenvalue weighted by molar-refractivity contribution is 5.77. The predicted molar refractivity (Wildman–Crippen MR) is 64.7 cm³/mol. The van der Waals surface area contributed by atoms with Gasteiger partial charge in [-0.25, -0.2) is 0 Å². The van der Waals surface area contributed by atoms with E-state index < -0.39 is 0 Å². The quantitative estimate of drug-likeness (QED) is 0.874. The Balaban J connectivity index is 1.58. The SMILES string of the molecule is CNC(=O)Cc1noc(C[C@H]2C[C@H]3CC[C@H]2C3)n1. The number of hydrogen-bond acceptors (Lipinski definition) is 4. The van der Waals surface area contributed by atoms with E-state index in [1.807, 2.05) is 0 Å². The molecule has 0 saturated heterocycles. The van der Waals surface area contributed by atoms with Crippen LogP contribution in [0.2, 0.25) is 0 Å². The van der Waals surface area contributed by atoms with Crippen molar-refractivity contribution >= 4 is 5.91 Å². The van der Waals surface area contributed by atoms with Gasteiger partial charge >= 0.3 is 0 Å². The van der Waals surface area contributed by atoms with Crippen LogP contribution in [0, 0.1) is 17.8 Å². The van der Waals surface area contributed by atoms with Gasteiger partial charge in [0.05, 0.1) is 6.42 Å².